The fraction of sp³-hybridized carbons (Fsp3) is 0.143. The summed E-state index contributed by atoms with van der Waals surface area (Å²) in [5.74, 6) is 0. The third kappa shape index (κ3) is 5.37. The molecule has 0 bridgehead atoms. The van der Waals surface area contributed by atoms with Crippen molar-refractivity contribution in [3.05, 3.63) is 117 Å². The van der Waals surface area contributed by atoms with E-state index in [-0.39, 0.29) is 0 Å². The third-order valence-electron chi connectivity index (χ3n) is 5.32. The van der Waals surface area contributed by atoms with E-state index in [9.17, 15) is 0 Å². The first-order valence-electron chi connectivity index (χ1n) is 10.3. The van der Waals surface area contributed by atoms with Crippen molar-refractivity contribution in [2.24, 2.45) is 0 Å². The van der Waals surface area contributed by atoms with Crippen LogP contribution < -0.4 is 0 Å². The average molecular weight is 447 g/mol. The molecule has 4 rings (SSSR count). The van der Waals surface area contributed by atoms with Gasteiger partial charge in [0.25, 0.3) is 0 Å². The smallest absolute Gasteiger partial charge is 0.0727 e. The van der Waals surface area contributed by atoms with E-state index in [4.69, 9.17) is 27.9 Å². The maximum absolute atomic E-state index is 6.30. The summed E-state index contributed by atoms with van der Waals surface area (Å²) in [6, 6.07) is 28.8. The van der Waals surface area contributed by atoms with Crippen LogP contribution in [0.4, 0.5) is 0 Å². The molecule has 0 spiro atoms. The first-order chi connectivity index (χ1) is 15.0. The van der Waals surface area contributed by atoms with Crippen molar-refractivity contribution in [1.82, 2.24) is 0 Å². The molecule has 4 aromatic rings. The van der Waals surface area contributed by atoms with E-state index in [1.54, 1.807) is 0 Å². The van der Waals surface area contributed by atoms with Crippen molar-refractivity contribution in [3.63, 3.8) is 0 Å². The highest BCUT2D eigenvalue weighted by Gasteiger charge is 2.10. The number of rotatable bonds is 6. The Morgan fingerprint density at radius 2 is 1.03 bits per heavy atom. The molecule has 3 heteroatoms. The number of halogens is 2. The highest BCUT2D eigenvalue weighted by atomic mass is 35.5. The molecule has 0 aliphatic rings. The summed E-state index contributed by atoms with van der Waals surface area (Å²) in [7, 11) is 0. The fourth-order valence-corrected chi connectivity index (χ4v) is 4.13. The third-order valence-corrected chi connectivity index (χ3v) is 5.79. The summed E-state index contributed by atoms with van der Waals surface area (Å²) in [6.07, 6.45) is 0. The normalized spacial score (nSPS) is 11.0. The van der Waals surface area contributed by atoms with Gasteiger partial charge < -0.3 is 4.74 Å². The fourth-order valence-electron chi connectivity index (χ4n) is 3.78. The van der Waals surface area contributed by atoms with Crippen LogP contribution in [0.2, 0.25) is 10.0 Å². The Kier molecular flexibility index (Phi) is 6.77. The van der Waals surface area contributed by atoms with Gasteiger partial charge in [-0.2, -0.15) is 0 Å². The molecule has 1 nitrogen and oxygen atoms in total. The summed E-state index contributed by atoms with van der Waals surface area (Å²) in [5.41, 5.74) is 9.15. The standard InChI is InChI=1S/C28H24Cl2O/c1-19-5-3-7-21(13-19)27-15-25(29)11-9-23(27)17-31-18-24-10-12-26(30)16-28(24)22-8-4-6-20(2)14-22/h3-16H,17-18H2,1-2H3. The van der Waals surface area contributed by atoms with Crippen LogP contribution in [0.5, 0.6) is 0 Å². The summed E-state index contributed by atoms with van der Waals surface area (Å²) >= 11 is 12.6. The number of ether oxygens (including phenoxy) is 1. The van der Waals surface area contributed by atoms with E-state index in [2.05, 4.69) is 62.4 Å². The maximum atomic E-state index is 6.30. The van der Waals surface area contributed by atoms with Crippen LogP contribution in [0.3, 0.4) is 0 Å². The van der Waals surface area contributed by atoms with Crippen LogP contribution in [0.15, 0.2) is 84.9 Å². The average Bonchev–Trinajstić information content (AvgIpc) is 2.75. The van der Waals surface area contributed by atoms with Crippen molar-refractivity contribution in [3.8, 4) is 22.3 Å². The Bertz CT molecular complexity index is 1120. The van der Waals surface area contributed by atoms with Crippen molar-refractivity contribution in [2.75, 3.05) is 0 Å². The van der Waals surface area contributed by atoms with Crippen LogP contribution in [0, 0.1) is 13.8 Å². The van der Waals surface area contributed by atoms with Gasteiger partial charge in [-0.3, -0.25) is 0 Å². The highest BCUT2D eigenvalue weighted by Crippen LogP contribution is 2.31. The van der Waals surface area contributed by atoms with Crippen molar-refractivity contribution < 1.29 is 4.74 Å². The van der Waals surface area contributed by atoms with Gasteiger partial charge in [0.1, 0.15) is 0 Å². The summed E-state index contributed by atoms with van der Waals surface area (Å²) in [5, 5.41) is 1.44. The van der Waals surface area contributed by atoms with Crippen molar-refractivity contribution in [2.45, 2.75) is 27.1 Å². The molecule has 0 radical (unpaired) electrons. The van der Waals surface area contributed by atoms with Crippen LogP contribution in [-0.4, -0.2) is 0 Å². The summed E-state index contributed by atoms with van der Waals surface area (Å²) < 4.78 is 6.18. The Morgan fingerprint density at radius 3 is 1.45 bits per heavy atom. The van der Waals surface area contributed by atoms with Crippen LogP contribution >= 0.6 is 23.2 Å². The quantitative estimate of drug-likeness (QED) is 0.287. The molecule has 0 aliphatic carbocycles. The van der Waals surface area contributed by atoms with Gasteiger partial charge >= 0.3 is 0 Å². The molecule has 0 aromatic heterocycles. The lowest BCUT2D eigenvalue weighted by Crippen LogP contribution is -1.99. The SMILES string of the molecule is Cc1cccc(-c2cc(Cl)ccc2COCc2ccc(Cl)cc2-c2cccc(C)c2)c1. The predicted molar refractivity (Wildman–Crippen MR) is 132 cm³/mol. The summed E-state index contributed by atoms with van der Waals surface area (Å²) in [4.78, 5) is 0. The molecule has 31 heavy (non-hydrogen) atoms. The molecular weight excluding hydrogens is 423 g/mol. The van der Waals surface area contributed by atoms with E-state index in [1.165, 1.54) is 11.1 Å². The van der Waals surface area contributed by atoms with Crippen molar-refractivity contribution >= 4 is 23.2 Å². The van der Waals surface area contributed by atoms with Crippen LogP contribution in [0.25, 0.3) is 22.3 Å². The number of hydrogen-bond acceptors (Lipinski definition) is 1. The Labute approximate surface area is 194 Å². The molecule has 4 aromatic carbocycles. The Balaban J connectivity index is 1.57. The second kappa shape index (κ2) is 9.70. The van der Waals surface area contributed by atoms with E-state index in [0.29, 0.717) is 13.2 Å². The Morgan fingerprint density at radius 1 is 0.581 bits per heavy atom. The van der Waals surface area contributed by atoms with Gasteiger partial charge in [0.15, 0.2) is 0 Å². The minimum Gasteiger partial charge on any atom is -0.372 e. The molecule has 0 unspecified atom stereocenters. The monoisotopic (exact) mass is 446 g/mol. The van der Waals surface area contributed by atoms with Gasteiger partial charge in [-0.1, -0.05) is 95.0 Å². The maximum Gasteiger partial charge on any atom is 0.0727 e. The van der Waals surface area contributed by atoms with Gasteiger partial charge in [0.05, 0.1) is 13.2 Å². The molecule has 0 aliphatic heterocycles. The largest absolute Gasteiger partial charge is 0.372 e. The van der Waals surface area contributed by atoms with Gasteiger partial charge in [-0.25, -0.2) is 0 Å². The second-order valence-corrected chi connectivity index (χ2v) is 8.71. The van der Waals surface area contributed by atoms with E-state index in [0.717, 1.165) is 43.4 Å². The molecule has 0 fully saturated rings. The van der Waals surface area contributed by atoms with Gasteiger partial charge in [0.2, 0.25) is 0 Å². The lowest BCUT2D eigenvalue weighted by atomic mass is 9.98. The zero-order valence-electron chi connectivity index (χ0n) is 17.7. The lowest BCUT2D eigenvalue weighted by molar-refractivity contribution is 0.108. The van der Waals surface area contributed by atoms with Gasteiger partial charge in [-0.15, -0.1) is 0 Å². The number of aryl methyl sites for hydroxylation is 2. The van der Waals surface area contributed by atoms with E-state index in [1.807, 2.05) is 36.4 Å². The molecule has 0 atom stereocenters. The molecule has 0 amide bonds. The molecule has 0 saturated heterocycles. The first-order valence-corrected chi connectivity index (χ1v) is 11.0. The summed E-state index contributed by atoms with van der Waals surface area (Å²) in [6.45, 7) is 5.18. The van der Waals surface area contributed by atoms with Crippen LogP contribution in [0.1, 0.15) is 22.3 Å². The highest BCUT2D eigenvalue weighted by molar-refractivity contribution is 6.31. The topological polar surface area (TPSA) is 9.23 Å². The van der Waals surface area contributed by atoms with E-state index >= 15 is 0 Å². The minimum atomic E-state index is 0.496. The first kappa shape index (κ1) is 21.6. The predicted octanol–water partition coefficient (Wildman–Crippen LogP) is 8.66. The zero-order chi connectivity index (χ0) is 21.8. The molecular formula is C28H24Cl2O. The Hall–Kier alpha value is -2.58. The number of benzene rings is 4. The van der Waals surface area contributed by atoms with E-state index < -0.39 is 0 Å². The zero-order valence-corrected chi connectivity index (χ0v) is 19.2. The van der Waals surface area contributed by atoms with Crippen molar-refractivity contribution in [1.29, 1.82) is 0 Å². The van der Waals surface area contributed by atoms with Gasteiger partial charge in [-0.05, 0) is 71.5 Å². The van der Waals surface area contributed by atoms with Crippen LogP contribution in [-0.2, 0) is 18.0 Å². The molecule has 0 N–H and O–H groups in total. The molecule has 0 saturated carbocycles. The minimum absolute atomic E-state index is 0.496. The lowest BCUT2D eigenvalue weighted by Gasteiger charge is -2.14. The second-order valence-electron chi connectivity index (χ2n) is 7.83. The molecule has 156 valence electrons. The molecule has 0 heterocycles. The van der Waals surface area contributed by atoms with Gasteiger partial charge in [0, 0.05) is 10.0 Å². The number of hydrogen-bond donors (Lipinski definition) is 0.